The summed E-state index contributed by atoms with van der Waals surface area (Å²) in [6, 6.07) is 15.3. The second-order valence-electron chi connectivity index (χ2n) is 4.19. The molecule has 88 valence electrons. The maximum atomic E-state index is 11.9. The van der Waals surface area contributed by atoms with E-state index in [4.69, 9.17) is 0 Å². The van der Waals surface area contributed by atoms with Crippen molar-refractivity contribution in [2.45, 2.75) is 13.8 Å². The number of aryl methyl sites for hydroxylation is 2. The van der Waals surface area contributed by atoms with Gasteiger partial charge in [-0.25, -0.2) is 10.6 Å². The minimum Gasteiger partial charge on any atom is -0.603 e. The summed E-state index contributed by atoms with van der Waals surface area (Å²) in [5, 5.41) is 11.8. The highest BCUT2D eigenvalue weighted by Crippen LogP contribution is 2.08. The Morgan fingerprint density at radius 2 is 1.29 bits per heavy atom. The number of anilines is 1. The molecular weight excluding hydrogens is 212 g/mol. The standard InChI is InChI=1S/C14H16N2O/c1-11-3-7-13(8-4-11)15-16(17)14-9-5-12(2)6-10-14/h3-10,15-16H,1-2H3. The molecule has 0 aliphatic rings. The predicted molar refractivity (Wildman–Crippen MR) is 70.0 cm³/mol. The van der Waals surface area contributed by atoms with Gasteiger partial charge in [0.2, 0.25) is 0 Å². The molecule has 0 aromatic heterocycles. The molecule has 0 spiro atoms. The lowest BCUT2D eigenvalue weighted by Gasteiger charge is -2.22. The lowest BCUT2D eigenvalue weighted by Crippen LogP contribution is -3.05. The van der Waals surface area contributed by atoms with Gasteiger partial charge in [-0.1, -0.05) is 35.4 Å². The van der Waals surface area contributed by atoms with Gasteiger partial charge in [-0.3, -0.25) is 0 Å². The molecule has 3 nitrogen and oxygen atoms in total. The molecule has 0 aliphatic heterocycles. The van der Waals surface area contributed by atoms with Crippen molar-refractivity contribution in [1.82, 2.24) is 0 Å². The molecule has 1 atom stereocenters. The van der Waals surface area contributed by atoms with Crippen LogP contribution in [0.15, 0.2) is 48.5 Å². The SMILES string of the molecule is Cc1ccc(N[NH+]([O-])c2ccc(C)cc2)cc1. The molecule has 0 saturated carbocycles. The zero-order valence-electron chi connectivity index (χ0n) is 10.0. The van der Waals surface area contributed by atoms with Gasteiger partial charge in [-0.05, 0) is 26.0 Å². The van der Waals surface area contributed by atoms with E-state index in [1.807, 2.05) is 62.4 Å². The molecule has 0 amide bonds. The highest BCUT2D eigenvalue weighted by Gasteiger charge is 2.02. The van der Waals surface area contributed by atoms with Crippen LogP contribution in [0.1, 0.15) is 11.1 Å². The third-order valence-electron chi connectivity index (χ3n) is 2.62. The lowest BCUT2D eigenvalue weighted by atomic mass is 10.2. The van der Waals surface area contributed by atoms with Crippen LogP contribution in [-0.2, 0) is 0 Å². The number of nitrogens with one attached hydrogen (secondary N) is 2. The summed E-state index contributed by atoms with van der Waals surface area (Å²) in [5.74, 6) is 0. The van der Waals surface area contributed by atoms with E-state index in [1.54, 1.807) is 0 Å². The van der Waals surface area contributed by atoms with E-state index in [0.717, 1.165) is 11.3 Å². The Morgan fingerprint density at radius 3 is 1.82 bits per heavy atom. The Labute approximate surface area is 101 Å². The Hall–Kier alpha value is -1.84. The second-order valence-corrected chi connectivity index (χ2v) is 4.19. The summed E-state index contributed by atoms with van der Waals surface area (Å²) in [7, 11) is 0. The van der Waals surface area contributed by atoms with E-state index < -0.39 is 0 Å². The van der Waals surface area contributed by atoms with Gasteiger partial charge < -0.3 is 5.21 Å². The van der Waals surface area contributed by atoms with Gasteiger partial charge in [0, 0.05) is 12.1 Å². The Bertz CT molecular complexity index is 477. The molecule has 0 radical (unpaired) electrons. The Kier molecular flexibility index (Phi) is 3.42. The molecule has 0 fully saturated rings. The summed E-state index contributed by atoms with van der Waals surface area (Å²) in [5.41, 5.74) is 6.69. The van der Waals surface area contributed by atoms with Crippen LogP contribution in [0.2, 0.25) is 0 Å². The van der Waals surface area contributed by atoms with Crippen molar-refractivity contribution in [2.24, 2.45) is 0 Å². The number of hydrogen-bond acceptors (Lipinski definition) is 2. The number of rotatable bonds is 3. The van der Waals surface area contributed by atoms with Gasteiger partial charge in [0.05, 0.1) is 5.69 Å². The molecule has 0 saturated heterocycles. The molecule has 0 bridgehead atoms. The van der Waals surface area contributed by atoms with Crippen molar-refractivity contribution in [3.05, 3.63) is 64.9 Å². The molecule has 1 unspecified atom stereocenters. The van der Waals surface area contributed by atoms with Crippen LogP contribution in [0.5, 0.6) is 0 Å². The first kappa shape index (κ1) is 11.6. The topological polar surface area (TPSA) is 39.5 Å². The number of quaternary nitrogens is 1. The highest BCUT2D eigenvalue weighted by molar-refractivity contribution is 5.43. The minimum absolute atomic E-state index is 0.0751. The smallest absolute Gasteiger partial charge is 0.155 e. The van der Waals surface area contributed by atoms with Crippen molar-refractivity contribution >= 4 is 11.4 Å². The fraction of sp³-hybridized carbons (Fsp3) is 0.143. The van der Waals surface area contributed by atoms with Gasteiger partial charge in [-0.2, -0.15) is 0 Å². The van der Waals surface area contributed by atoms with E-state index in [2.05, 4.69) is 5.43 Å². The minimum atomic E-state index is -0.0751. The summed E-state index contributed by atoms with van der Waals surface area (Å²) < 4.78 is 0. The third-order valence-corrected chi connectivity index (χ3v) is 2.62. The molecule has 0 aliphatic carbocycles. The van der Waals surface area contributed by atoms with Crippen molar-refractivity contribution in [2.75, 3.05) is 5.43 Å². The van der Waals surface area contributed by atoms with Crippen LogP contribution in [0.25, 0.3) is 0 Å². The first-order valence-electron chi connectivity index (χ1n) is 5.60. The van der Waals surface area contributed by atoms with Gasteiger partial charge in [-0.15, -0.1) is 0 Å². The van der Waals surface area contributed by atoms with Crippen molar-refractivity contribution in [3.63, 3.8) is 0 Å². The molecule has 2 aromatic carbocycles. The fourth-order valence-corrected chi connectivity index (χ4v) is 1.55. The first-order valence-corrected chi connectivity index (χ1v) is 5.60. The van der Waals surface area contributed by atoms with Crippen molar-refractivity contribution in [1.29, 1.82) is 0 Å². The van der Waals surface area contributed by atoms with Crippen molar-refractivity contribution in [3.8, 4) is 0 Å². The summed E-state index contributed by atoms with van der Waals surface area (Å²) in [6.45, 7) is 4.02. The number of benzene rings is 2. The lowest BCUT2D eigenvalue weighted by molar-refractivity contribution is -0.749. The molecular formula is C14H16N2O. The van der Waals surface area contributed by atoms with E-state index in [0.29, 0.717) is 5.69 Å². The zero-order valence-corrected chi connectivity index (χ0v) is 10.0. The van der Waals surface area contributed by atoms with Crippen LogP contribution in [0.4, 0.5) is 11.4 Å². The highest BCUT2D eigenvalue weighted by atomic mass is 16.5. The largest absolute Gasteiger partial charge is 0.603 e. The van der Waals surface area contributed by atoms with Crippen LogP contribution in [0, 0.1) is 19.1 Å². The molecule has 3 heteroatoms. The zero-order chi connectivity index (χ0) is 12.3. The molecule has 2 aromatic rings. The van der Waals surface area contributed by atoms with Crippen molar-refractivity contribution < 1.29 is 5.17 Å². The van der Waals surface area contributed by atoms with Gasteiger partial charge in [0.1, 0.15) is 0 Å². The number of hydrogen-bond donors (Lipinski definition) is 2. The van der Waals surface area contributed by atoms with E-state index in [9.17, 15) is 5.21 Å². The van der Waals surface area contributed by atoms with Crippen LogP contribution in [0.3, 0.4) is 0 Å². The molecule has 0 heterocycles. The van der Waals surface area contributed by atoms with E-state index >= 15 is 0 Å². The van der Waals surface area contributed by atoms with Crippen LogP contribution in [-0.4, -0.2) is 0 Å². The molecule has 2 N–H and O–H groups in total. The maximum absolute atomic E-state index is 11.9. The maximum Gasteiger partial charge on any atom is 0.155 e. The average Bonchev–Trinajstić information content (AvgIpc) is 2.33. The molecule has 2 rings (SSSR count). The first-order chi connectivity index (χ1) is 8.15. The van der Waals surface area contributed by atoms with Crippen LogP contribution < -0.4 is 10.6 Å². The summed E-state index contributed by atoms with van der Waals surface area (Å²) in [4.78, 5) is 0. The van der Waals surface area contributed by atoms with Gasteiger partial charge in [0.15, 0.2) is 5.69 Å². The van der Waals surface area contributed by atoms with E-state index in [-0.39, 0.29) is 5.17 Å². The Morgan fingerprint density at radius 1 is 0.824 bits per heavy atom. The second kappa shape index (κ2) is 4.99. The quantitative estimate of drug-likeness (QED) is 0.791. The van der Waals surface area contributed by atoms with Gasteiger partial charge in [0.25, 0.3) is 0 Å². The summed E-state index contributed by atoms with van der Waals surface area (Å²) >= 11 is 0. The Balaban J connectivity index is 2.08. The fourth-order valence-electron chi connectivity index (χ4n) is 1.55. The van der Waals surface area contributed by atoms with Gasteiger partial charge >= 0.3 is 0 Å². The predicted octanol–water partition coefficient (Wildman–Crippen LogP) is 2.34. The third kappa shape index (κ3) is 3.06. The average molecular weight is 228 g/mol. The van der Waals surface area contributed by atoms with E-state index in [1.165, 1.54) is 5.56 Å². The normalized spacial score (nSPS) is 12.2. The monoisotopic (exact) mass is 228 g/mol. The van der Waals surface area contributed by atoms with Crippen LogP contribution >= 0.6 is 0 Å². The molecule has 17 heavy (non-hydrogen) atoms. The summed E-state index contributed by atoms with van der Waals surface area (Å²) in [6.07, 6.45) is 0.